The molecule has 4 heterocycles. The normalized spacial score (nSPS) is 16.2. The predicted octanol–water partition coefficient (Wildman–Crippen LogP) is 3.00. The van der Waals surface area contributed by atoms with E-state index in [0.717, 1.165) is 48.1 Å². The standard InChI is InChI=1S/C27H30N6O2/c1-19-12-20(9-10-28-19)14-33(16-21-15-31(2)24-8-4-3-7-23(24)27(21)35)22-6-5-11-32(17-22)25-13-26(34)30-18-29-25/h3-4,7-10,12-13,15,18,22H,5-6,11,14,16-17H2,1-2H3,(H,29,30,34)/t22-/m0/s1. The lowest BCUT2D eigenvalue weighted by Crippen LogP contribution is -2.48. The zero-order chi connectivity index (χ0) is 24.4. The van der Waals surface area contributed by atoms with Crippen molar-refractivity contribution < 1.29 is 0 Å². The highest BCUT2D eigenvalue weighted by Crippen LogP contribution is 2.23. The largest absolute Gasteiger partial charge is 0.355 e. The summed E-state index contributed by atoms with van der Waals surface area (Å²) in [7, 11) is 1.99. The number of hydrogen-bond acceptors (Lipinski definition) is 6. The van der Waals surface area contributed by atoms with Gasteiger partial charge in [-0.3, -0.25) is 19.5 Å². The first kappa shape index (κ1) is 23.0. The van der Waals surface area contributed by atoms with Crippen molar-refractivity contribution in [1.29, 1.82) is 0 Å². The van der Waals surface area contributed by atoms with Crippen molar-refractivity contribution in [3.05, 3.63) is 98.6 Å². The molecule has 1 aromatic carbocycles. The molecule has 0 amide bonds. The van der Waals surface area contributed by atoms with Crippen molar-refractivity contribution in [2.75, 3.05) is 18.0 Å². The Morgan fingerprint density at radius 3 is 2.80 bits per heavy atom. The fraction of sp³-hybridized carbons (Fsp3) is 0.333. The number of nitrogens with one attached hydrogen (secondary N) is 1. The average Bonchev–Trinajstić information content (AvgIpc) is 2.87. The number of para-hydroxylation sites is 1. The lowest BCUT2D eigenvalue weighted by atomic mass is 10.0. The molecule has 1 aliphatic rings. The molecule has 0 bridgehead atoms. The van der Waals surface area contributed by atoms with E-state index in [1.54, 1.807) is 6.07 Å². The van der Waals surface area contributed by atoms with Crippen LogP contribution in [0.15, 0.2) is 70.8 Å². The molecule has 180 valence electrons. The first-order valence-electron chi connectivity index (χ1n) is 12.0. The van der Waals surface area contributed by atoms with Gasteiger partial charge in [0.05, 0.1) is 11.8 Å². The highest BCUT2D eigenvalue weighted by molar-refractivity contribution is 5.79. The molecule has 1 aliphatic heterocycles. The Labute approximate surface area is 203 Å². The third kappa shape index (κ3) is 5.02. The summed E-state index contributed by atoms with van der Waals surface area (Å²) in [4.78, 5) is 41.2. The molecule has 35 heavy (non-hydrogen) atoms. The van der Waals surface area contributed by atoms with Gasteiger partial charge in [0.15, 0.2) is 5.43 Å². The minimum Gasteiger partial charge on any atom is -0.355 e. The van der Waals surface area contributed by atoms with Crippen LogP contribution in [0.3, 0.4) is 0 Å². The highest BCUT2D eigenvalue weighted by atomic mass is 16.1. The Kier molecular flexibility index (Phi) is 6.46. The summed E-state index contributed by atoms with van der Waals surface area (Å²) in [5, 5.41) is 0.741. The molecule has 0 radical (unpaired) electrons. The molecule has 0 saturated carbocycles. The van der Waals surface area contributed by atoms with Crippen LogP contribution in [0.25, 0.3) is 10.9 Å². The van der Waals surface area contributed by atoms with Crippen LogP contribution in [-0.2, 0) is 20.1 Å². The van der Waals surface area contributed by atoms with E-state index in [9.17, 15) is 9.59 Å². The lowest BCUT2D eigenvalue weighted by Gasteiger charge is -2.40. The van der Waals surface area contributed by atoms with E-state index >= 15 is 0 Å². The number of aromatic amines is 1. The van der Waals surface area contributed by atoms with Crippen LogP contribution in [0.5, 0.6) is 0 Å². The number of benzene rings is 1. The van der Waals surface area contributed by atoms with Crippen molar-refractivity contribution in [1.82, 2.24) is 24.4 Å². The highest BCUT2D eigenvalue weighted by Gasteiger charge is 2.27. The second-order valence-corrected chi connectivity index (χ2v) is 9.33. The Hall–Kier alpha value is -3.78. The molecule has 8 nitrogen and oxygen atoms in total. The monoisotopic (exact) mass is 470 g/mol. The van der Waals surface area contributed by atoms with Crippen LogP contribution >= 0.6 is 0 Å². The van der Waals surface area contributed by atoms with Gasteiger partial charge < -0.3 is 14.5 Å². The number of fused-ring (bicyclic) bond motifs is 1. The second-order valence-electron chi connectivity index (χ2n) is 9.33. The summed E-state index contributed by atoms with van der Waals surface area (Å²) in [6.07, 6.45) is 7.26. The average molecular weight is 471 g/mol. The molecule has 0 unspecified atom stereocenters. The van der Waals surface area contributed by atoms with Crippen molar-refractivity contribution >= 4 is 16.7 Å². The molecule has 5 rings (SSSR count). The number of rotatable bonds is 6. The van der Waals surface area contributed by atoms with Gasteiger partial charge in [-0.05, 0) is 49.6 Å². The lowest BCUT2D eigenvalue weighted by molar-refractivity contribution is 0.158. The zero-order valence-corrected chi connectivity index (χ0v) is 20.1. The van der Waals surface area contributed by atoms with E-state index in [2.05, 4.69) is 30.8 Å². The van der Waals surface area contributed by atoms with E-state index in [4.69, 9.17) is 0 Å². The van der Waals surface area contributed by atoms with Gasteiger partial charge in [0.25, 0.3) is 5.56 Å². The first-order chi connectivity index (χ1) is 17.0. The van der Waals surface area contributed by atoms with Crippen LogP contribution in [0.2, 0.25) is 0 Å². The van der Waals surface area contributed by atoms with Gasteiger partial charge in [0, 0.05) is 74.4 Å². The maximum Gasteiger partial charge on any atom is 0.252 e. The zero-order valence-electron chi connectivity index (χ0n) is 20.1. The Morgan fingerprint density at radius 2 is 1.97 bits per heavy atom. The van der Waals surface area contributed by atoms with Gasteiger partial charge in [0.2, 0.25) is 0 Å². The topological polar surface area (TPSA) is 87.1 Å². The fourth-order valence-corrected chi connectivity index (χ4v) is 5.08. The van der Waals surface area contributed by atoms with Crippen molar-refractivity contribution in [2.45, 2.75) is 38.9 Å². The molecule has 1 fully saturated rings. The number of piperidine rings is 1. The van der Waals surface area contributed by atoms with Crippen LogP contribution in [0, 0.1) is 6.92 Å². The van der Waals surface area contributed by atoms with Gasteiger partial charge >= 0.3 is 0 Å². The number of nitrogens with zero attached hydrogens (tertiary/aromatic N) is 5. The Bertz CT molecular complexity index is 1460. The minimum absolute atomic E-state index is 0.0820. The number of aryl methyl sites for hydroxylation is 2. The summed E-state index contributed by atoms with van der Waals surface area (Å²) in [5.74, 6) is 0.694. The minimum atomic E-state index is -0.152. The van der Waals surface area contributed by atoms with Crippen molar-refractivity contribution in [2.24, 2.45) is 7.05 Å². The van der Waals surface area contributed by atoms with Gasteiger partial charge in [-0.25, -0.2) is 4.98 Å². The smallest absolute Gasteiger partial charge is 0.252 e. The van der Waals surface area contributed by atoms with Crippen LogP contribution in [0.4, 0.5) is 5.82 Å². The number of hydrogen-bond donors (Lipinski definition) is 1. The molecular formula is C27H30N6O2. The number of aromatic nitrogens is 4. The van der Waals surface area contributed by atoms with Crippen molar-refractivity contribution in [3.8, 4) is 0 Å². The van der Waals surface area contributed by atoms with Crippen LogP contribution in [-0.4, -0.2) is 43.6 Å². The molecule has 4 aromatic rings. The van der Waals surface area contributed by atoms with Gasteiger partial charge in [-0.15, -0.1) is 0 Å². The number of H-pyrrole nitrogens is 1. The molecule has 0 aliphatic carbocycles. The predicted molar refractivity (Wildman–Crippen MR) is 138 cm³/mol. The van der Waals surface area contributed by atoms with Crippen LogP contribution < -0.4 is 15.9 Å². The van der Waals surface area contributed by atoms with E-state index in [1.165, 1.54) is 11.9 Å². The molecular weight excluding hydrogens is 440 g/mol. The third-order valence-electron chi connectivity index (χ3n) is 6.79. The van der Waals surface area contributed by atoms with E-state index in [1.807, 2.05) is 61.3 Å². The molecule has 3 aromatic heterocycles. The summed E-state index contributed by atoms with van der Waals surface area (Å²) in [6, 6.07) is 13.6. The fourth-order valence-electron chi connectivity index (χ4n) is 5.08. The molecule has 1 atom stereocenters. The summed E-state index contributed by atoms with van der Waals surface area (Å²) < 4.78 is 2.04. The van der Waals surface area contributed by atoms with E-state index in [0.29, 0.717) is 18.9 Å². The van der Waals surface area contributed by atoms with E-state index < -0.39 is 0 Å². The van der Waals surface area contributed by atoms with Crippen LogP contribution in [0.1, 0.15) is 29.7 Å². The maximum atomic E-state index is 13.4. The third-order valence-corrected chi connectivity index (χ3v) is 6.79. The molecule has 8 heteroatoms. The number of anilines is 1. The maximum absolute atomic E-state index is 13.4. The second kappa shape index (κ2) is 9.84. The Balaban J connectivity index is 1.49. The van der Waals surface area contributed by atoms with Gasteiger partial charge in [-0.2, -0.15) is 0 Å². The summed E-state index contributed by atoms with van der Waals surface area (Å²) in [5.41, 5.74) is 3.79. The van der Waals surface area contributed by atoms with Gasteiger partial charge in [-0.1, -0.05) is 12.1 Å². The molecule has 1 saturated heterocycles. The quantitative estimate of drug-likeness (QED) is 0.466. The van der Waals surface area contributed by atoms with E-state index in [-0.39, 0.29) is 17.0 Å². The molecule has 1 N–H and O–H groups in total. The Morgan fingerprint density at radius 1 is 1.11 bits per heavy atom. The van der Waals surface area contributed by atoms with Crippen molar-refractivity contribution in [3.63, 3.8) is 0 Å². The first-order valence-corrected chi connectivity index (χ1v) is 12.0. The SMILES string of the molecule is Cc1cc(CN(Cc2cn(C)c3ccccc3c2=O)[C@H]2CCCN(c3cc(=O)[nH]cn3)C2)ccn1. The summed E-state index contributed by atoms with van der Waals surface area (Å²) in [6.45, 7) is 4.84. The molecule has 0 spiro atoms. The van der Waals surface area contributed by atoms with Gasteiger partial charge in [0.1, 0.15) is 5.82 Å². The number of pyridine rings is 2. The summed E-state index contributed by atoms with van der Waals surface area (Å²) >= 11 is 0.